The zero-order valence-electron chi connectivity index (χ0n) is 18.8. The van der Waals surface area contributed by atoms with Crippen molar-refractivity contribution < 1.29 is 19.0 Å². The summed E-state index contributed by atoms with van der Waals surface area (Å²) in [4.78, 5) is 12.3. The summed E-state index contributed by atoms with van der Waals surface area (Å²) in [5.41, 5.74) is 2.53. The van der Waals surface area contributed by atoms with Gasteiger partial charge in [0.2, 0.25) is 5.91 Å². The molecule has 5 nitrogen and oxygen atoms in total. The summed E-state index contributed by atoms with van der Waals surface area (Å²) in [7, 11) is 1.58. The van der Waals surface area contributed by atoms with E-state index in [0.29, 0.717) is 35.4 Å². The smallest absolute Gasteiger partial charge is 0.248 e. The third-order valence-electron chi connectivity index (χ3n) is 4.81. The summed E-state index contributed by atoms with van der Waals surface area (Å²) >= 11 is 5.92. The summed E-state index contributed by atoms with van der Waals surface area (Å²) in [5.74, 6) is 1.78. The van der Waals surface area contributed by atoms with E-state index in [1.54, 1.807) is 13.2 Å². The topological polar surface area (TPSA) is 56.8 Å². The standard InChI is InChI=1S/C27H28ClNO4/c1-3-4-17-32-24-13-11-23(12-14-24)29-27(30)16-8-20-7-15-25(26(18-20)31-2)33-19-21-5-9-22(28)10-6-21/h5-16,18H,3-4,17,19H2,1-2H3,(H,29,30)/b16-8+. The third-order valence-corrected chi connectivity index (χ3v) is 5.06. The second-order valence-electron chi connectivity index (χ2n) is 7.37. The average molecular weight is 466 g/mol. The van der Waals surface area contributed by atoms with Crippen LogP contribution in [0.2, 0.25) is 5.02 Å². The molecule has 0 fully saturated rings. The molecule has 1 amide bonds. The first kappa shape index (κ1) is 24.2. The Hall–Kier alpha value is -3.44. The molecule has 0 aliphatic rings. The Morgan fingerprint density at radius 3 is 2.42 bits per heavy atom. The first-order chi connectivity index (χ1) is 16.1. The van der Waals surface area contributed by atoms with Gasteiger partial charge < -0.3 is 19.5 Å². The maximum atomic E-state index is 12.3. The van der Waals surface area contributed by atoms with Gasteiger partial charge in [-0.1, -0.05) is 43.1 Å². The molecule has 0 aliphatic heterocycles. The zero-order chi connectivity index (χ0) is 23.5. The van der Waals surface area contributed by atoms with Crippen molar-refractivity contribution in [3.05, 3.63) is 89.0 Å². The number of anilines is 1. The predicted molar refractivity (Wildman–Crippen MR) is 133 cm³/mol. The fourth-order valence-corrected chi connectivity index (χ4v) is 3.10. The lowest BCUT2D eigenvalue weighted by molar-refractivity contribution is -0.111. The van der Waals surface area contributed by atoms with Gasteiger partial charge in [-0.2, -0.15) is 0 Å². The Bertz CT molecular complexity index is 1060. The quantitative estimate of drug-likeness (QED) is 0.251. The number of benzene rings is 3. The normalized spacial score (nSPS) is 10.8. The highest BCUT2D eigenvalue weighted by Crippen LogP contribution is 2.29. The molecule has 0 aliphatic carbocycles. The van der Waals surface area contributed by atoms with Crippen molar-refractivity contribution in [1.29, 1.82) is 0 Å². The molecule has 1 N–H and O–H groups in total. The first-order valence-corrected chi connectivity index (χ1v) is 11.2. The van der Waals surface area contributed by atoms with Gasteiger partial charge in [-0.05, 0) is 72.2 Å². The van der Waals surface area contributed by atoms with Crippen LogP contribution < -0.4 is 19.5 Å². The Balaban J connectivity index is 1.55. The molecule has 172 valence electrons. The molecular formula is C27H28ClNO4. The molecule has 0 aromatic heterocycles. The van der Waals surface area contributed by atoms with Crippen molar-refractivity contribution in [1.82, 2.24) is 0 Å². The number of carbonyl (C=O) groups excluding carboxylic acids is 1. The van der Waals surface area contributed by atoms with E-state index in [2.05, 4.69) is 12.2 Å². The number of halogens is 1. The number of nitrogens with one attached hydrogen (secondary N) is 1. The fraction of sp³-hybridized carbons (Fsp3) is 0.222. The molecule has 0 atom stereocenters. The van der Waals surface area contributed by atoms with E-state index in [1.165, 1.54) is 6.08 Å². The van der Waals surface area contributed by atoms with Crippen LogP contribution in [-0.4, -0.2) is 19.6 Å². The van der Waals surface area contributed by atoms with Crippen molar-refractivity contribution >= 4 is 29.3 Å². The van der Waals surface area contributed by atoms with Gasteiger partial charge in [-0.15, -0.1) is 0 Å². The number of amides is 1. The summed E-state index contributed by atoms with van der Waals surface area (Å²) < 4.78 is 17.0. The van der Waals surface area contributed by atoms with Crippen LogP contribution in [0.1, 0.15) is 30.9 Å². The number of rotatable bonds is 11. The van der Waals surface area contributed by atoms with E-state index in [4.69, 9.17) is 25.8 Å². The van der Waals surface area contributed by atoms with Gasteiger partial charge >= 0.3 is 0 Å². The number of hydrogen-bond donors (Lipinski definition) is 1. The molecule has 3 aromatic carbocycles. The molecule has 0 spiro atoms. The van der Waals surface area contributed by atoms with Crippen molar-refractivity contribution in [3.63, 3.8) is 0 Å². The number of methoxy groups -OCH3 is 1. The maximum absolute atomic E-state index is 12.3. The second-order valence-corrected chi connectivity index (χ2v) is 7.81. The van der Waals surface area contributed by atoms with Crippen molar-refractivity contribution in [2.24, 2.45) is 0 Å². The molecule has 6 heteroatoms. The molecule has 0 saturated carbocycles. The van der Waals surface area contributed by atoms with Crippen molar-refractivity contribution in [2.45, 2.75) is 26.4 Å². The van der Waals surface area contributed by atoms with Crippen LogP contribution in [0.3, 0.4) is 0 Å². The van der Waals surface area contributed by atoms with Crippen molar-refractivity contribution in [2.75, 3.05) is 19.0 Å². The summed E-state index contributed by atoms with van der Waals surface area (Å²) in [6, 6.07) is 20.3. The highest BCUT2D eigenvalue weighted by Gasteiger charge is 2.06. The minimum Gasteiger partial charge on any atom is -0.494 e. The lowest BCUT2D eigenvalue weighted by Crippen LogP contribution is -2.07. The van der Waals surface area contributed by atoms with E-state index < -0.39 is 0 Å². The molecule has 0 saturated heterocycles. The van der Waals surface area contributed by atoms with Gasteiger partial charge in [0.25, 0.3) is 0 Å². The molecule has 33 heavy (non-hydrogen) atoms. The first-order valence-electron chi connectivity index (χ1n) is 10.8. The van der Waals surface area contributed by atoms with Gasteiger partial charge in [0.15, 0.2) is 11.5 Å². The van der Waals surface area contributed by atoms with Crippen LogP contribution in [0.15, 0.2) is 72.8 Å². The van der Waals surface area contributed by atoms with Gasteiger partial charge in [0, 0.05) is 16.8 Å². The van der Waals surface area contributed by atoms with Crippen LogP contribution in [0, 0.1) is 0 Å². The van der Waals surface area contributed by atoms with Crippen LogP contribution >= 0.6 is 11.6 Å². The Kier molecular flexibility index (Phi) is 9.21. The van der Waals surface area contributed by atoms with Gasteiger partial charge in [-0.3, -0.25) is 4.79 Å². The molecule has 3 aromatic rings. The van der Waals surface area contributed by atoms with Crippen LogP contribution in [0.5, 0.6) is 17.2 Å². The van der Waals surface area contributed by atoms with E-state index in [9.17, 15) is 4.79 Å². The average Bonchev–Trinajstić information content (AvgIpc) is 2.84. The number of carbonyl (C=O) groups is 1. The Morgan fingerprint density at radius 2 is 1.73 bits per heavy atom. The summed E-state index contributed by atoms with van der Waals surface area (Å²) in [5, 5.41) is 3.53. The SMILES string of the molecule is CCCCOc1ccc(NC(=O)/C=C/c2ccc(OCc3ccc(Cl)cc3)c(OC)c2)cc1. The number of hydrogen-bond acceptors (Lipinski definition) is 4. The van der Waals surface area contributed by atoms with Crippen LogP contribution in [0.4, 0.5) is 5.69 Å². The van der Waals surface area contributed by atoms with Crippen molar-refractivity contribution in [3.8, 4) is 17.2 Å². The van der Waals surface area contributed by atoms with Crippen LogP contribution in [-0.2, 0) is 11.4 Å². The molecule has 0 unspecified atom stereocenters. The van der Waals surface area contributed by atoms with E-state index in [1.807, 2.05) is 66.7 Å². The van der Waals surface area contributed by atoms with E-state index in [0.717, 1.165) is 29.7 Å². The fourth-order valence-electron chi connectivity index (χ4n) is 2.97. The lowest BCUT2D eigenvalue weighted by atomic mass is 10.2. The van der Waals surface area contributed by atoms with E-state index in [-0.39, 0.29) is 5.91 Å². The van der Waals surface area contributed by atoms with Gasteiger partial charge in [-0.25, -0.2) is 0 Å². The Labute approximate surface area is 199 Å². The third kappa shape index (κ3) is 7.88. The minimum atomic E-state index is -0.225. The number of ether oxygens (including phenoxy) is 3. The lowest BCUT2D eigenvalue weighted by Gasteiger charge is -2.11. The van der Waals surface area contributed by atoms with E-state index >= 15 is 0 Å². The molecular weight excluding hydrogens is 438 g/mol. The summed E-state index contributed by atoms with van der Waals surface area (Å²) in [6.45, 7) is 3.21. The highest BCUT2D eigenvalue weighted by atomic mass is 35.5. The van der Waals surface area contributed by atoms with Gasteiger partial charge in [0.05, 0.1) is 13.7 Å². The molecule has 0 heterocycles. The monoisotopic (exact) mass is 465 g/mol. The zero-order valence-corrected chi connectivity index (χ0v) is 19.6. The Morgan fingerprint density at radius 1 is 0.970 bits per heavy atom. The maximum Gasteiger partial charge on any atom is 0.248 e. The predicted octanol–water partition coefficient (Wildman–Crippen LogP) is 6.76. The number of unbranched alkanes of at least 4 members (excludes halogenated alkanes) is 1. The minimum absolute atomic E-state index is 0.225. The molecule has 0 bridgehead atoms. The molecule has 3 rings (SSSR count). The highest BCUT2D eigenvalue weighted by molar-refractivity contribution is 6.30. The second kappa shape index (κ2) is 12.6. The molecule has 0 radical (unpaired) electrons. The largest absolute Gasteiger partial charge is 0.494 e. The van der Waals surface area contributed by atoms with Gasteiger partial charge in [0.1, 0.15) is 12.4 Å². The summed E-state index contributed by atoms with van der Waals surface area (Å²) in [6.07, 6.45) is 5.31. The van der Waals surface area contributed by atoms with Crippen LogP contribution in [0.25, 0.3) is 6.08 Å².